The highest BCUT2D eigenvalue weighted by atomic mass is 19.4. The molecule has 0 aliphatic carbocycles. The highest BCUT2D eigenvalue weighted by Gasteiger charge is 2.37. The molecule has 0 bridgehead atoms. The summed E-state index contributed by atoms with van der Waals surface area (Å²) in [4.78, 5) is 0. The Bertz CT molecular complexity index is 545. The molecule has 102 valence electrons. The summed E-state index contributed by atoms with van der Waals surface area (Å²) >= 11 is 0. The standard InChI is InChI=1S/C12H11F4N3/c13-9-3-1-7(2-4-9)11-8(6-18-19-11)5-10(17)12(14,15)16/h1-4,6,10H,5,17H2,(H,18,19). The Labute approximate surface area is 106 Å². The van der Waals surface area contributed by atoms with Gasteiger partial charge >= 0.3 is 6.18 Å². The van der Waals surface area contributed by atoms with E-state index in [0.717, 1.165) is 0 Å². The fourth-order valence-corrected chi connectivity index (χ4v) is 1.69. The van der Waals surface area contributed by atoms with Crippen LogP contribution in [0.4, 0.5) is 17.6 Å². The Kier molecular flexibility index (Phi) is 3.57. The lowest BCUT2D eigenvalue weighted by Gasteiger charge is -2.15. The molecule has 0 fully saturated rings. The van der Waals surface area contributed by atoms with Crippen molar-refractivity contribution in [3.63, 3.8) is 0 Å². The van der Waals surface area contributed by atoms with Crippen LogP contribution < -0.4 is 5.73 Å². The Morgan fingerprint density at radius 2 is 1.84 bits per heavy atom. The van der Waals surface area contributed by atoms with E-state index < -0.39 is 18.0 Å². The number of nitrogens with one attached hydrogen (secondary N) is 1. The van der Waals surface area contributed by atoms with Crippen molar-refractivity contribution in [2.45, 2.75) is 18.6 Å². The van der Waals surface area contributed by atoms with Crippen LogP contribution >= 0.6 is 0 Å². The smallest absolute Gasteiger partial charge is 0.320 e. The van der Waals surface area contributed by atoms with E-state index in [0.29, 0.717) is 16.8 Å². The van der Waals surface area contributed by atoms with Gasteiger partial charge in [0.25, 0.3) is 0 Å². The summed E-state index contributed by atoms with van der Waals surface area (Å²) in [7, 11) is 0. The second kappa shape index (κ2) is 5.00. The zero-order valence-corrected chi connectivity index (χ0v) is 9.71. The summed E-state index contributed by atoms with van der Waals surface area (Å²) in [5.74, 6) is -0.420. The molecule has 0 spiro atoms. The van der Waals surface area contributed by atoms with E-state index in [-0.39, 0.29) is 6.42 Å². The maximum absolute atomic E-state index is 12.8. The molecule has 3 nitrogen and oxygen atoms in total. The number of nitrogens with zero attached hydrogens (tertiary/aromatic N) is 1. The van der Waals surface area contributed by atoms with E-state index in [1.54, 1.807) is 0 Å². The molecule has 7 heteroatoms. The van der Waals surface area contributed by atoms with Crippen LogP contribution in [0.1, 0.15) is 5.56 Å². The summed E-state index contributed by atoms with van der Waals surface area (Å²) in [6.07, 6.45) is -3.55. The predicted octanol–water partition coefficient (Wildman–Crippen LogP) is 2.65. The van der Waals surface area contributed by atoms with Gasteiger partial charge in [-0.05, 0) is 29.8 Å². The average molecular weight is 273 g/mol. The largest absolute Gasteiger partial charge is 0.403 e. The van der Waals surface area contributed by atoms with Crippen LogP contribution in [0.3, 0.4) is 0 Å². The third-order valence-corrected chi connectivity index (χ3v) is 2.71. The van der Waals surface area contributed by atoms with Crippen molar-refractivity contribution in [3.05, 3.63) is 41.8 Å². The van der Waals surface area contributed by atoms with Crippen LogP contribution in [0.5, 0.6) is 0 Å². The maximum Gasteiger partial charge on any atom is 0.403 e. The molecular weight excluding hydrogens is 262 g/mol. The predicted molar refractivity (Wildman–Crippen MR) is 61.7 cm³/mol. The monoisotopic (exact) mass is 273 g/mol. The molecule has 0 aliphatic heterocycles. The number of hydrogen-bond donors (Lipinski definition) is 2. The fourth-order valence-electron chi connectivity index (χ4n) is 1.69. The molecule has 1 heterocycles. The minimum atomic E-state index is -4.46. The fraction of sp³-hybridized carbons (Fsp3) is 0.250. The molecule has 2 aromatic rings. The molecule has 19 heavy (non-hydrogen) atoms. The first-order valence-electron chi connectivity index (χ1n) is 5.48. The van der Waals surface area contributed by atoms with Crippen molar-refractivity contribution >= 4 is 0 Å². The number of halogens is 4. The van der Waals surface area contributed by atoms with E-state index in [1.165, 1.54) is 30.5 Å². The van der Waals surface area contributed by atoms with Crippen molar-refractivity contribution in [2.75, 3.05) is 0 Å². The van der Waals surface area contributed by atoms with Gasteiger partial charge in [-0.2, -0.15) is 18.3 Å². The van der Waals surface area contributed by atoms with Gasteiger partial charge in [0.05, 0.1) is 11.9 Å². The van der Waals surface area contributed by atoms with E-state index in [1.807, 2.05) is 0 Å². The zero-order valence-electron chi connectivity index (χ0n) is 9.71. The second-order valence-corrected chi connectivity index (χ2v) is 4.13. The lowest BCUT2D eigenvalue weighted by molar-refractivity contribution is -0.147. The highest BCUT2D eigenvalue weighted by Crippen LogP contribution is 2.26. The zero-order chi connectivity index (χ0) is 14.0. The Hall–Kier alpha value is -1.89. The third kappa shape index (κ3) is 3.11. The second-order valence-electron chi connectivity index (χ2n) is 4.13. The summed E-state index contributed by atoms with van der Waals surface area (Å²) in [5.41, 5.74) is 6.41. The van der Waals surface area contributed by atoms with E-state index in [2.05, 4.69) is 10.2 Å². The highest BCUT2D eigenvalue weighted by molar-refractivity contribution is 5.62. The van der Waals surface area contributed by atoms with E-state index >= 15 is 0 Å². The van der Waals surface area contributed by atoms with Crippen molar-refractivity contribution in [3.8, 4) is 11.3 Å². The van der Waals surface area contributed by atoms with E-state index in [4.69, 9.17) is 5.73 Å². The third-order valence-electron chi connectivity index (χ3n) is 2.71. The lowest BCUT2D eigenvalue weighted by Crippen LogP contribution is -2.39. The number of hydrogen-bond acceptors (Lipinski definition) is 2. The van der Waals surface area contributed by atoms with Crippen molar-refractivity contribution in [1.82, 2.24) is 10.2 Å². The molecule has 0 saturated heterocycles. The molecule has 2 rings (SSSR count). The van der Waals surface area contributed by atoms with Crippen LogP contribution in [-0.2, 0) is 6.42 Å². The van der Waals surface area contributed by atoms with Gasteiger partial charge in [0.15, 0.2) is 0 Å². The number of aromatic amines is 1. The van der Waals surface area contributed by atoms with Gasteiger partial charge in [0.1, 0.15) is 11.9 Å². The Morgan fingerprint density at radius 3 is 2.42 bits per heavy atom. The minimum Gasteiger partial charge on any atom is -0.320 e. The normalized spacial score (nSPS) is 13.5. The number of H-pyrrole nitrogens is 1. The van der Waals surface area contributed by atoms with Crippen molar-refractivity contribution < 1.29 is 17.6 Å². The molecular formula is C12H11F4N3. The average Bonchev–Trinajstić information content (AvgIpc) is 2.77. The van der Waals surface area contributed by atoms with Crippen LogP contribution in [0.2, 0.25) is 0 Å². The molecule has 0 saturated carbocycles. The first kappa shape index (κ1) is 13.5. The topological polar surface area (TPSA) is 54.7 Å². The number of alkyl halides is 3. The first-order chi connectivity index (χ1) is 8.88. The van der Waals surface area contributed by atoms with Crippen LogP contribution in [0, 0.1) is 5.82 Å². The maximum atomic E-state index is 12.8. The molecule has 1 aromatic heterocycles. The van der Waals surface area contributed by atoms with Gasteiger partial charge < -0.3 is 5.73 Å². The Morgan fingerprint density at radius 1 is 1.21 bits per heavy atom. The van der Waals surface area contributed by atoms with Crippen LogP contribution in [0.15, 0.2) is 30.5 Å². The summed E-state index contributed by atoms with van der Waals surface area (Å²) in [6, 6.07) is 3.42. The first-order valence-corrected chi connectivity index (χ1v) is 5.48. The van der Waals surface area contributed by atoms with Crippen LogP contribution in [0.25, 0.3) is 11.3 Å². The molecule has 1 aromatic carbocycles. The van der Waals surface area contributed by atoms with Gasteiger partial charge in [-0.3, -0.25) is 5.10 Å². The lowest BCUT2D eigenvalue weighted by atomic mass is 10.0. The number of aromatic nitrogens is 2. The SMILES string of the molecule is NC(Cc1cn[nH]c1-c1ccc(F)cc1)C(F)(F)F. The minimum absolute atomic E-state index is 0.344. The number of benzene rings is 1. The quantitative estimate of drug-likeness (QED) is 0.845. The van der Waals surface area contributed by atoms with Gasteiger partial charge in [-0.1, -0.05) is 0 Å². The van der Waals surface area contributed by atoms with Crippen molar-refractivity contribution in [2.24, 2.45) is 5.73 Å². The van der Waals surface area contributed by atoms with E-state index in [9.17, 15) is 17.6 Å². The summed E-state index contributed by atoms with van der Waals surface area (Å²) < 4.78 is 50.1. The van der Waals surface area contributed by atoms with Gasteiger partial charge in [-0.15, -0.1) is 0 Å². The van der Waals surface area contributed by atoms with Gasteiger partial charge in [0, 0.05) is 12.0 Å². The van der Waals surface area contributed by atoms with Gasteiger partial charge in [0.2, 0.25) is 0 Å². The Balaban J connectivity index is 2.25. The van der Waals surface area contributed by atoms with Gasteiger partial charge in [-0.25, -0.2) is 4.39 Å². The molecule has 0 aliphatic rings. The summed E-state index contributed by atoms with van der Waals surface area (Å²) in [6.45, 7) is 0. The number of nitrogens with two attached hydrogens (primary N) is 1. The van der Waals surface area contributed by atoms with Crippen LogP contribution in [-0.4, -0.2) is 22.4 Å². The summed E-state index contributed by atoms with van der Waals surface area (Å²) in [5, 5.41) is 6.32. The molecule has 3 N–H and O–H groups in total. The molecule has 0 amide bonds. The number of rotatable bonds is 3. The molecule has 1 unspecified atom stereocenters. The van der Waals surface area contributed by atoms with Crippen molar-refractivity contribution in [1.29, 1.82) is 0 Å². The molecule has 0 radical (unpaired) electrons. The molecule has 1 atom stereocenters.